The third-order valence-electron chi connectivity index (χ3n) is 2.43. The van der Waals surface area contributed by atoms with E-state index in [9.17, 15) is 0 Å². The molecule has 3 aromatic rings. The van der Waals surface area contributed by atoms with E-state index >= 15 is 0 Å². The Balaban J connectivity index is 2.49. The molecule has 1 aromatic carbocycles. The lowest BCUT2D eigenvalue weighted by atomic mass is 10.2. The zero-order chi connectivity index (χ0) is 12.9. The highest BCUT2D eigenvalue weighted by atomic mass is 15.1. The summed E-state index contributed by atoms with van der Waals surface area (Å²) < 4.78 is 23.5. The molecule has 0 aliphatic rings. The molecule has 2 heterocycles. The molecule has 0 saturated heterocycles. The second-order valence-electron chi connectivity index (χ2n) is 3.31. The first-order chi connectivity index (χ1) is 8.48. The third kappa shape index (κ3) is 1.01. The lowest BCUT2D eigenvalue weighted by Gasteiger charge is -1.98. The van der Waals surface area contributed by atoms with Crippen molar-refractivity contribution >= 4 is 27.9 Å². The zero-order valence-corrected chi connectivity index (χ0v) is 7.81. The molecule has 0 fully saturated rings. The van der Waals surface area contributed by atoms with E-state index in [1.807, 2.05) is 6.07 Å². The van der Waals surface area contributed by atoms with Crippen LogP contribution < -0.4 is 5.73 Å². The fourth-order valence-electron chi connectivity index (χ4n) is 1.71. The van der Waals surface area contributed by atoms with Gasteiger partial charge in [0.25, 0.3) is 0 Å². The van der Waals surface area contributed by atoms with Gasteiger partial charge in [-0.15, -0.1) is 0 Å². The number of rotatable bonds is 0. The lowest BCUT2D eigenvalue weighted by Crippen LogP contribution is -1.95. The Bertz CT molecular complexity index is 745. The second kappa shape index (κ2) is 2.70. The first-order valence-corrected chi connectivity index (χ1v) is 4.50. The second-order valence-corrected chi connectivity index (χ2v) is 3.31. The van der Waals surface area contributed by atoms with Crippen LogP contribution in [0.2, 0.25) is 0 Å². The summed E-state index contributed by atoms with van der Waals surface area (Å²) in [5, 5.41) is 0.796. The molecule has 2 N–H and O–H groups in total. The quantitative estimate of drug-likeness (QED) is 0.602. The Hall–Kier alpha value is -2.10. The Labute approximate surface area is 90.6 Å². The van der Waals surface area contributed by atoms with Crippen LogP contribution in [0.4, 0.5) is 5.95 Å². The average molecular weight is 201 g/mol. The van der Waals surface area contributed by atoms with Crippen LogP contribution in [0.3, 0.4) is 0 Å². The molecule has 0 bridgehead atoms. The number of benzene rings is 1. The van der Waals surface area contributed by atoms with E-state index in [0.717, 1.165) is 15.5 Å². The summed E-state index contributed by atoms with van der Waals surface area (Å²) in [5.41, 5.74) is 7.52. The van der Waals surface area contributed by atoms with Crippen molar-refractivity contribution < 1.29 is 4.11 Å². The van der Waals surface area contributed by atoms with Gasteiger partial charge in [0.15, 0.2) is 0 Å². The number of pyridine rings is 1. The van der Waals surface area contributed by atoms with Crippen molar-refractivity contribution in [3.8, 4) is 0 Å². The maximum absolute atomic E-state index is 7.48. The molecule has 0 aliphatic carbocycles. The summed E-state index contributed by atoms with van der Waals surface area (Å²) in [4.78, 5) is 8.35. The Morgan fingerprint density at radius 1 is 1.40 bits per heavy atom. The summed E-state index contributed by atoms with van der Waals surface area (Å²) in [6.45, 7) is -2.34. The van der Waals surface area contributed by atoms with Gasteiger partial charge in [0.1, 0.15) is 5.52 Å². The first-order valence-electron chi connectivity index (χ1n) is 6.00. The molecule has 15 heavy (non-hydrogen) atoms. The van der Waals surface area contributed by atoms with Gasteiger partial charge in [-0.1, -0.05) is 0 Å². The van der Waals surface area contributed by atoms with E-state index in [1.165, 1.54) is 0 Å². The van der Waals surface area contributed by atoms with Crippen molar-refractivity contribution in [2.45, 2.75) is 0 Å². The van der Waals surface area contributed by atoms with Crippen LogP contribution >= 0.6 is 0 Å². The third-order valence-corrected chi connectivity index (χ3v) is 2.43. The van der Waals surface area contributed by atoms with E-state index in [0.29, 0.717) is 11.0 Å². The van der Waals surface area contributed by atoms with Crippen molar-refractivity contribution in [3.05, 3.63) is 30.5 Å². The number of hydrogen-bond donors (Lipinski definition) is 1. The van der Waals surface area contributed by atoms with Gasteiger partial charge in [-0.05, 0) is 24.3 Å². The summed E-state index contributed by atoms with van der Waals surface area (Å²) >= 11 is 0. The number of imidazole rings is 1. The van der Waals surface area contributed by atoms with Crippen LogP contribution in [-0.4, -0.2) is 14.5 Å². The van der Waals surface area contributed by atoms with Gasteiger partial charge in [-0.3, -0.25) is 4.98 Å². The summed E-state index contributed by atoms with van der Waals surface area (Å²) in [5.74, 6) is -0.0126. The van der Waals surface area contributed by atoms with Crippen LogP contribution in [0.15, 0.2) is 30.5 Å². The predicted molar refractivity (Wildman–Crippen MR) is 60.4 cm³/mol. The molecule has 0 unspecified atom stereocenters. The van der Waals surface area contributed by atoms with Gasteiger partial charge in [0, 0.05) is 22.7 Å². The van der Waals surface area contributed by atoms with Crippen LogP contribution in [0.5, 0.6) is 0 Å². The first kappa shape index (κ1) is 5.70. The lowest BCUT2D eigenvalue weighted by molar-refractivity contribution is 0.965. The number of hydrogen-bond acceptors (Lipinski definition) is 3. The maximum Gasteiger partial charge on any atom is 0.200 e. The van der Waals surface area contributed by atoms with Crippen molar-refractivity contribution in [2.75, 3.05) is 5.73 Å². The Kier molecular flexibility index (Phi) is 1.02. The SMILES string of the molecule is [2H]C([2H])([2H])n1c(N)nc2c3cccnc3ccc21. The molecule has 2 aromatic heterocycles. The molecular formula is C11H10N4. The van der Waals surface area contributed by atoms with Crippen molar-refractivity contribution in [1.82, 2.24) is 14.5 Å². The highest BCUT2D eigenvalue weighted by Gasteiger charge is 2.07. The summed E-state index contributed by atoms with van der Waals surface area (Å²) in [6.07, 6.45) is 1.68. The molecule has 0 atom stereocenters. The number of aromatic nitrogens is 3. The summed E-state index contributed by atoms with van der Waals surface area (Å²) in [6, 6.07) is 7.08. The van der Waals surface area contributed by atoms with E-state index in [-0.39, 0.29) is 5.95 Å². The fraction of sp³-hybridized carbons (Fsp3) is 0.0909. The minimum Gasteiger partial charge on any atom is -0.369 e. The molecule has 0 spiro atoms. The van der Waals surface area contributed by atoms with Gasteiger partial charge < -0.3 is 10.3 Å². The van der Waals surface area contributed by atoms with Gasteiger partial charge in [-0.2, -0.15) is 0 Å². The normalized spacial score (nSPS) is 15.1. The number of nitrogens with zero attached hydrogens (tertiary/aromatic N) is 3. The number of fused-ring (bicyclic) bond motifs is 3. The van der Waals surface area contributed by atoms with Gasteiger partial charge in [0.2, 0.25) is 5.95 Å². The largest absolute Gasteiger partial charge is 0.369 e. The Morgan fingerprint density at radius 3 is 3.20 bits per heavy atom. The van der Waals surface area contributed by atoms with Crippen LogP contribution in [-0.2, 0) is 6.98 Å². The molecule has 4 nitrogen and oxygen atoms in total. The smallest absolute Gasteiger partial charge is 0.200 e. The zero-order valence-electron chi connectivity index (χ0n) is 10.8. The number of nitrogen functional groups attached to an aromatic ring is 1. The minimum atomic E-state index is -2.34. The van der Waals surface area contributed by atoms with Crippen LogP contribution in [0, 0.1) is 0 Å². The van der Waals surface area contributed by atoms with Gasteiger partial charge in [-0.25, -0.2) is 4.98 Å². The topological polar surface area (TPSA) is 56.7 Å². The highest BCUT2D eigenvalue weighted by molar-refractivity contribution is 6.03. The van der Waals surface area contributed by atoms with Crippen LogP contribution in [0.25, 0.3) is 21.9 Å². The molecule has 0 saturated carbocycles. The van der Waals surface area contributed by atoms with Crippen molar-refractivity contribution in [2.24, 2.45) is 6.98 Å². The molecular weight excluding hydrogens is 188 g/mol. The number of nitrogens with two attached hydrogens (primary N) is 1. The fourth-order valence-corrected chi connectivity index (χ4v) is 1.71. The molecule has 74 valence electrons. The average Bonchev–Trinajstić information content (AvgIpc) is 2.65. The van der Waals surface area contributed by atoms with Crippen molar-refractivity contribution in [3.63, 3.8) is 0 Å². The van der Waals surface area contributed by atoms with Gasteiger partial charge >= 0.3 is 0 Å². The molecule has 0 aliphatic heterocycles. The molecule has 0 radical (unpaired) electrons. The van der Waals surface area contributed by atoms with E-state index in [1.54, 1.807) is 24.4 Å². The highest BCUT2D eigenvalue weighted by Crippen LogP contribution is 2.24. The number of aryl methyl sites for hydroxylation is 1. The Morgan fingerprint density at radius 2 is 2.33 bits per heavy atom. The number of anilines is 1. The predicted octanol–water partition coefficient (Wildman–Crippen LogP) is 1.70. The molecule has 3 rings (SSSR count). The monoisotopic (exact) mass is 201 g/mol. The molecule has 0 amide bonds. The van der Waals surface area contributed by atoms with Gasteiger partial charge in [0.05, 0.1) is 11.0 Å². The van der Waals surface area contributed by atoms with Crippen LogP contribution in [0.1, 0.15) is 4.11 Å². The van der Waals surface area contributed by atoms with E-state index < -0.39 is 6.98 Å². The maximum atomic E-state index is 7.48. The van der Waals surface area contributed by atoms with E-state index in [2.05, 4.69) is 9.97 Å². The summed E-state index contributed by atoms with van der Waals surface area (Å²) in [7, 11) is 0. The standard InChI is InChI=1S/C11H10N4/c1-15-9-5-4-8-7(3-2-6-13-8)10(9)14-11(15)12/h2-6H,1H3,(H2,12,14)/i1D3. The van der Waals surface area contributed by atoms with Crippen molar-refractivity contribution in [1.29, 1.82) is 0 Å². The van der Waals surface area contributed by atoms with E-state index in [4.69, 9.17) is 9.85 Å². The molecule has 4 heteroatoms. The minimum absolute atomic E-state index is 0.0126.